The molecule has 0 aromatic carbocycles. The van der Waals surface area contributed by atoms with Crippen LogP contribution in [-0.4, -0.2) is 22.8 Å². The van der Waals surface area contributed by atoms with Crippen LogP contribution in [0.3, 0.4) is 0 Å². The second kappa shape index (κ2) is 3.60. The molecule has 1 heterocycles. The monoisotopic (exact) mass is 250 g/mol. The first-order chi connectivity index (χ1) is 8.35. The van der Waals surface area contributed by atoms with Crippen molar-refractivity contribution in [3.8, 4) is 0 Å². The summed E-state index contributed by atoms with van der Waals surface area (Å²) in [6.45, 7) is 6.04. The summed E-state index contributed by atoms with van der Waals surface area (Å²) >= 11 is 0. The van der Waals surface area contributed by atoms with Gasteiger partial charge in [-0.1, -0.05) is 26.0 Å². The SMILES string of the molecule is C[C@@H]1C(=O)O[C@@H]2[C@H]1CC[C@@]1(C)C=CC[C@@](C)(O)[C@H]21. The van der Waals surface area contributed by atoms with Crippen LogP contribution in [0.5, 0.6) is 0 Å². The molecule has 0 radical (unpaired) electrons. The Kier molecular flexibility index (Phi) is 2.44. The number of ether oxygens (including phenoxy) is 1. The number of carbonyl (C=O) groups is 1. The Bertz CT molecular complexity index is 412. The topological polar surface area (TPSA) is 46.5 Å². The summed E-state index contributed by atoms with van der Waals surface area (Å²) in [6.07, 6.45) is 6.91. The lowest BCUT2D eigenvalue weighted by Gasteiger charge is -2.53. The first-order valence-corrected chi connectivity index (χ1v) is 6.96. The number of carbonyl (C=O) groups excluding carboxylic acids is 1. The lowest BCUT2D eigenvalue weighted by molar-refractivity contribution is -0.162. The van der Waals surface area contributed by atoms with E-state index in [0.717, 1.165) is 12.8 Å². The molecule has 3 nitrogen and oxygen atoms in total. The molecule has 3 rings (SSSR count). The van der Waals surface area contributed by atoms with E-state index in [1.165, 1.54) is 0 Å². The summed E-state index contributed by atoms with van der Waals surface area (Å²) in [4.78, 5) is 11.8. The molecule has 1 saturated carbocycles. The van der Waals surface area contributed by atoms with Crippen LogP contribution in [-0.2, 0) is 9.53 Å². The molecule has 18 heavy (non-hydrogen) atoms. The van der Waals surface area contributed by atoms with Crippen molar-refractivity contribution in [3.63, 3.8) is 0 Å². The molecular weight excluding hydrogens is 228 g/mol. The van der Waals surface area contributed by atoms with E-state index in [2.05, 4.69) is 19.1 Å². The smallest absolute Gasteiger partial charge is 0.309 e. The zero-order valence-corrected chi connectivity index (χ0v) is 11.3. The fourth-order valence-electron chi connectivity index (χ4n) is 4.47. The number of fused-ring (bicyclic) bond motifs is 3. The largest absolute Gasteiger partial charge is 0.461 e. The molecule has 100 valence electrons. The molecule has 1 N–H and O–H groups in total. The van der Waals surface area contributed by atoms with Crippen LogP contribution in [0.25, 0.3) is 0 Å². The van der Waals surface area contributed by atoms with Gasteiger partial charge in [0.1, 0.15) is 6.10 Å². The van der Waals surface area contributed by atoms with Gasteiger partial charge >= 0.3 is 5.97 Å². The van der Waals surface area contributed by atoms with Gasteiger partial charge in [-0.25, -0.2) is 0 Å². The molecule has 0 bridgehead atoms. The average Bonchev–Trinajstić information content (AvgIpc) is 2.52. The Labute approximate surface area is 108 Å². The molecular formula is C15H22O3. The van der Waals surface area contributed by atoms with E-state index in [1.54, 1.807) is 0 Å². The van der Waals surface area contributed by atoms with Crippen molar-refractivity contribution in [1.82, 2.24) is 0 Å². The average molecular weight is 250 g/mol. The zero-order chi connectivity index (χ0) is 13.1. The molecule has 0 amide bonds. The standard InChI is InChI=1S/C15H22O3/c1-9-10-5-8-14(2)6-4-7-15(3,17)12(14)11(10)18-13(9)16/h4,6,9-12,17H,5,7-8H2,1-3H3/t9-,10-,11+,12+,14+,15+/m0/s1. The third-order valence-electron chi connectivity index (χ3n) is 5.44. The van der Waals surface area contributed by atoms with Crippen LogP contribution < -0.4 is 0 Å². The molecule has 3 heteroatoms. The Morgan fingerprint density at radius 1 is 1.44 bits per heavy atom. The zero-order valence-electron chi connectivity index (χ0n) is 11.3. The summed E-state index contributed by atoms with van der Waals surface area (Å²) in [5.41, 5.74) is -0.801. The van der Waals surface area contributed by atoms with Gasteiger partial charge in [-0.15, -0.1) is 0 Å². The predicted octanol–water partition coefficient (Wildman–Crippen LogP) is 2.29. The number of hydrogen-bond donors (Lipinski definition) is 1. The van der Waals surface area contributed by atoms with Gasteiger partial charge in [0, 0.05) is 11.8 Å². The van der Waals surface area contributed by atoms with Crippen LogP contribution >= 0.6 is 0 Å². The first kappa shape index (κ1) is 12.2. The number of esters is 1. The minimum Gasteiger partial charge on any atom is -0.461 e. The lowest BCUT2D eigenvalue weighted by Crippen LogP contribution is -2.56. The highest BCUT2D eigenvalue weighted by Gasteiger charge is 2.59. The second-order valence-corrected chi connectivity index (χ2v) is 6.84. The molecule has 1 aliphatic heterocycles. The summed E-state index contributed by atoms with van der Waals surface area (Å²) in [6, 6.07) is 0. The maximum atomic E-state index is 11.8. The summed E-state index contributed by atoms with van der Waals surface area (Å²) in [5, 5.41) is 10.7. The minimum atomic E-state index is -0.767. The van der Waals surface area contributed by atoms with Gasteiger partial charge < -0.3 is 9.84 Å². The van der Waals surface area contributed by atoms with Crippen molar-refractivity contribution in [2.24, 2.45) is 23.2 Å². The van der Waals surface area contributed by atoms with E-state index in [-0.39, 0.29) is 35.2 Å². The van der Waals surface area contributed by atoms with Crippen molar-refractivity contribution in [3.05, 3.63) is 12.2 Å². The summed E-state index contributed by atoms with van der Waals surface area (Å²) in [7, 11) is 0. The van der Waals surface area contributed by atoms with E-state index in [4.69, 9.17) is 4.74 Å². The van der Waals surface area contributed by atoms with Gasteiger partial charge in [0.05, 0.1) is 11.5 Å². The number of aliphatic hydroxyl groups is 1. The number of allylic oxidation sites excluding steroid dienone is 1. The van der Waals surface area contributed by atoms with Crippen LogP contribution in [0.1, 0.15) is 40.0 Å². The molecule has 0 aromatic rings. The highest BCUT2D eigenvalue weighted by atomic mass is 16.6. The lowest BCUT2D eigenvalue weighted by atomic mass is 9.54. The maximum absolute atomic E-state index is 11.8. The maximum Gasteiger partial charge on any atom is 0.309 e. The van der Waals surface area contributed by atoms with Gasteiger partial charge in [-0.2, -0.15) is 0 Å². The Hall–Kier alpha value is -0.830. The first-order valence-electron chi connectivity index (χ1n) is 6.96. The van der Waals surface area contributed by atoms with Crippen molar-refractivity contribution in [2.75, 3.05) is 0 Å². The molecule has 0 spiro atoms. The van der Waals surface area contributed by atoms with Crippen LogP contribution in [0.15, 0.2) is 12.2 Å². The van der Waals surface area contributed by atoms with E-state index >= 15 is 0 Å². The number of rotatable bonds is 0. The third kappa shape index (κ3) is 1.49. The molecule has 1 saturated heterocycles. The Morgan fingerprint density at radius 3 is 2.89 bits per heavy atom. The molecule has 2 aliphatic carbocycles. The van der Waals surface area contributed by atoms with Gasteiger partial charge in [0.2, 0.25) is 0 Å². The van der Waals surface area contributed by atoms with Crippen LogP contribution in [0, 0.1) is 23.2 Å². The van der Waals surface area contributed by atoms with E-state index < -0.39 is 5.60 Å². The quantitative estimate of drug-likeness (QED) is 0.530. The van der Waals surface area contributed by atoms with Crippen LogP contribution in [0.4, 0.5) is 0 Å². The van der Waals surface area contributed by atoms with E-state index in [0.29, 0.717) is 6.42 Å². The van der Waals surface area contributed by atoms with Gasteiger partial charge in [-0.3, -0.25) is 4.79 Å². The van der Waals surface area contributed by atoms with Crippen LogP contribution in [0.2, 0.25) is 0 Å². The van der Waals surface area contributed by atoms with Gasteiger partial charge in [-0.05, 0) is 31.6 Å². The highest BCUT2D eigenvalue weighted by molar-refractivity contribution is 5.75. The molecule has 0 unspecified atom stereocenters. The van der Waals surface area contributed by atoms with Gasteiger partial charge in [0.15, 0.2) is 0 Å². The Morgan fingerprint density at radius 2 is 2.17 bits per heavy atom. The normalized spacial score (nSPS) is 54.8. The van der Waals surface area contributed by atoms with Crippen molar-refractivity contribution < 1.29 is 14.6 Å². The summed E-state index contributed by atoms with van der Waals surface area (Å²) < 4.78 is 5.62. The highest BCUT2D eigenvalue weighted by Crippen LogP contribution is 2.56. The van der Waals surface area contributed by atoms with E-state index in [9.17, 15) is 9.90 Å². The fourth-order valence-corrected chi connectivity index (χ4v) is 4.47. The van der Waals surface area contributed by atoms with Crippen molar-refractivity contribution in [2.45, 2.75) is 51.7 Å². The molecule has 0 aromatic heterocycles. The number of hydrogen-bond acceptors (Lipinski definition) is 3. The van der Waals surface area contributed by atoms with E-state index in [1.807, 2.05) is 13.8 Å². The predicted molar refractivity (Wildman–Crippen MR) is 67.7 cm³/mol. The van der Waals surface area contributed by atoms with Crippen molar-refractivity contribution in [1.29, 1.82) is 0 Å². The third-order valence-corrected chi connectivity index (χ3v) is 5.44. The molecule has 3 aliphatic rings. The molecule has 2 fully saturated rings. The fraction of sp³-hybridized carbons (Fsp3) is 0.800. The second-order valence-electron chi connectivity index (χ2n) is 6.84. The minimum absolute atomic E-state index is 0.0127. The Balaban J connectivity index is 2.02. The molecule has 6 atom stereocenters. The summed E-state index contributed by atoms with van der Waals surface area (Å²) in [5.74, 6) is 0.219. The van der Waals surface area contributed by atoms with Gasteiger partial charge in [0.25, 0.3) is 0 Å². The van der Waals surface area contributed by atoms with Crippen molar-refractivity contribution >= 4 is 5.97 Å².